The second kappa shape index (κ2) is 8.85. The van der Waals surface area contributed by atoms with Crippen LogP contribution in [0.15, 0.2) is 24.3 Å². The van der Waals surface area contributed by atoms with Gasteiger partial charge in [-0.2, -0.15) is 13.2 Å². The average molecular weight is 455 g/mol. The van der Waals surface area contributed by atoms with Crippen molar-refractivity contribution in [1.29, 1.82) is 0 Å². The molecule has 2 aromatic rings. The zero-order valence-electron chi connectivity index (χ0n) is 17.0. The number of halogens is 4. The first kappa shape index (κ1) is 22.2. The van der Waals surface area contributed by atoms with E-state index in [1.165, 1.54) is 4.90 Å². The quantitative estimate of drug-likeness (QED) is 0.663. The van der Waals surface area contributed by atoms with Crippen LogP contribution in [-0.2, 0) is 15.7 Å². The molecule has 4 rings (SSSR count). The number of piperidine rings is 1. The van der Waals surface area contributed by atoms with Gasteiger partial charge in [0.25, 0.3) is 5.91 Å². The molecule has 1 aromatic carbocycles. The molecule has 0 N–H and O–H groups in total. The molecule has 0 bridgehead atoms. The molecule has 12 heteroatoms. The standard InChI is InChI=1S/C20H21F4N5O3/c21-14-3-5-15(6-4-14)29-17(20(22,23)24)16(25-26-29)19(31)28-7-1-2-13(12-28)18(30)27-8-10-32-11-9-27/h3-6,13H,1-2,7-12H2. The van der Waals surface area contributed by atoms with Crippen molar-refractivity contribution in [3.05, 3.63) is 41.5 Å². The maximum absolute atomic E-state index is 13.9. The Bertz CT molecular complexity index is 986. The molecular formula is C20H21F4N5O3. The number of hydrogen-bond donors (Lipinski definition) is 0. The number of hydrogen-bond acceptors (Lipinski definition) is 5. The number of amides is 2. The number of alkyl halides is 3. The summed E-state index contributed by atoms with van der Waals surface area (Å²) in [6.45, 7) is 1.99. The third-order valence-electron chi connectivity index (χ3n) is 5.59. The second-order valence-corrected chi connectivity index (χ2v) is 7.70. The third kappa shape index (κ3) is 4.45. The van der Waals surface area contributed by atoms with Crippen LogP contribution in [0.3, 0.4) is 0 Å². The highest BCUT2D eigenvalue weighted by atomic mass is 19.4. The Morgan fingerprint density at radius 2 is 1.72 bits per heavy atom. The van der Waals surface area contributed by atoms with Gasteiger partial charge in [0.2, 0.25) is 5.91 Å². The predicted molar refractivity (Wildman–Crippen MR) is 102 cm³/mol. The summed E-state index contributed by atoms with van der Waals surface area (Å²) in [5, 5.41) is 7.03. The van der Waals surface area contributed by atoms with E-state index < -0.39 is 35.2 Å². The number of nitrogens with zero attached hydrogens (tertiary/aromatic N) is 5. The lowest BCUT2D eigenvalue weighted by Gasteiger charge is -2.36. The number of aromatic nitrogens is 3. The van der Waals surface area contributed by atoms with Gasteiger partial charge in [-0.15, -0.1) is 5.10 Å². The van der Waals surface area contributed by atoms with Crippen molar-refractivity contribution in [3.8, 4) is 5.69 Å². The summed E-state index contributed by atoms with van der Waals surface area (Å²) in [5.41, 5.74) is -2.26. The Hall–Kier alpha value is -3.02. The van der Waals surface area contributed by atoms with E-state index in [1.807, 2.05) is 0 Å². The Kier molecular flexibility index (Phi) is 6.13. The van der Waals surface area contributed by atoms with E-state index in [4.69, 9.17) is 4.74 Å². The molecule has 3 heterocycles. The molecule has 2 saturated heterocycles. The Morgan fingerprint density at radius 1 is 1.03 bits per heavy atom. The van der Waals surface area contributed by atoms with Gasteiger partial charge in [0.15, 0.2) is 11.4 Å². The Morgan fingerprint density at radius 3 is 2.38 bits per heavy atom. The molecule has 0 saturated carbocycles. The minimum Gasteiger partial charge on any atom is -0.378 e. The average Bonchev–Trinajstić information content (AvgIpc) is 3.25. The SMILES string of the molecule is O=C(c1nnn(-c2ccc(F)cc2)c1C(F)(F)F)N1CCCC(C(=O)N2CCOCC2)C1. The van der Waals surface area contributed by atoms with Gasteiger partial charge in [-0.3, -0.25) is 9.59 Å². The van der Waals surface area contributed by atoms with E-state index in [2.05, 4.69) is 10.3 Å². The van der Waals surface area contributed by atoms with Crippen molar-refractivity contribution < 1.29 is 31.9 Å². The van der Waals surface area contributed by atoms with Crippen molar-refractivity contribution in [2.45, 2.75) is 19.0 Å². The fourth-order valence-electron chi connectivity index (χ4n) is 4.00. The van der Waals surface area contributed by atoms with Gasteiger partial charge in [-0.05, 0) is 37.1 Å². The van der Waals surface area contributed by atoms with Gasteiger partial charge in [0, 0.05) is 26.2 Å². The van der Waals surface area contributed by atoms with Crippen LogP contribution in [0.5, 0.6) is 0 Å². The summed E-state index contributed by atoms with van der Waals surface area (Å²) in [6, 6.07) is 4.22. The van der Waals surface area contributed by atoms with Crippen LogP contribution in [0, 0.1) is 11.7 Å². The van der Waals surface area contributed by atoms with Crippen LogP contribution >= 0.6 is 0 Å². The molecule has 2 aliphatic heterocycles. The van der Waals surface area contributed by atoms with E-state index in [9.17, 15) is 27.2 Å². The fourth-order valence-corrected chi connectivity index (χ4v) is 4.00. The molecule has 2 fully saturated rings. The zero-order valence-corrected chi connectivity index (χ0v) is 17.0. The first-order chi connectivity index (χ1) is 15.3. The molecule has 1 unspecified atom stereocenters. The minimum atomic E-state index is -4.93. The summed E-state index contributed by atoms with van der Waals surface area (Å²) in [5.74, 6) is -2.18. The molecule has 8 nitrogen and oxygen atoms in total. The number of rotatable bonds is 3. The van der Waals surface area contributed by atoms with E-state index >= 15 is 0 Å². The van der Waals surface area contributed by atoms with Crippen LogP contribution in [0.2, 0.25) is 0 Å². The van der Waals surface area contributed by atoms with Gasteiger partial charge >= 0.3 is 6.18 Å². The third-order valence-corrected chi connectivity index (χ3v) is 5.59. The number of morpholine rings is 1. The monoisotopic (exact) mass is 455 g/mol. The van der Waals surface area contributed by atoms with E-state index in [0.29, 0.717) is 43.8 Å². The molecule has 0 radical (unpaired) electrons. The molecule has 32 heavy (non-hydrogen) atoms. The maximum Gasteiger partial charge on any atom is 0.435 e. The first-order valence-corrected chi connectivity index (χ1v) is 10.2. The van der Waals surface area contributed by atoms with Crippen molar-refractivity contribution >= 4 is 11.8 Å². The van der Waals surface area contributed by atoms with Gasteiger partial charge < -0.3 is 14.5 Å². The lowest BCUT2D eigenvalue weighted by molar-refractivity contribution is -0.143. The molecule has 1 atom stereocenters. The smallest absolute Gasteiger partial charge is 0.378 e. The van der Waals surface area contributed by atoms with Gasteiger partial charge in [-0.1, -0.05) is 5.21 Å². The summed E-state index contributed by atoms with van der Waals surface area (Å²) < 4.78 is 60.5. The maximum atomic E-state index is 13.9. The van der Waals surface area contributed by atoms with Gasteiger partial charge in [-0.25, -0.2) is 9.07 Å². The molecule has 2 aliphatic rings. The van der Waals surface area contributed by atoms with Crippen LogP contribution in [0.4, 0.5) is 17.6 Å². The van der Waals surface area contributed by atoms with Crippen molar-refractivity contribution in [3.63, 3.8) is 0 Å². The molecule has 0 spiro atoms. The highest BCUT2D eigenvalue weighted by Crippen LogP contribution is 2.34. The zero-order chi connectivity index (χ0) is 22.9. The van der Waals surface area contributed by atoms with Crippen LogP contribution in [-0.4, -0.2) is 76.0 Å². The summed E-state index contributed by atoms with van der Waals surface area (Å²) in [6.07, 6.45) is -3.89. The van der Waals surface area contributed by atoms with E-state index in [0.717, 1.165) is 24.3 Å². The van der Waals surface area contributed by atoms with E-state index in [1.54, 1.807) is 4.90 Å². The van der Waals surface area contributed by atoms with Gasteiger partial charge in [0.1, 0.15) is 5.82 Å². The highest BCUT2D eigenvalue weighted by Gasteiger charge is 2.44. The summed E-state index contributed by atoms with van der Waals surface area (Å²) in [7, 11) is 0. The number of carbonyl (C=O) groups is 2. The fraction of sp³-hybridized carbons (Fsp3) is 0.500. The van der Waals surface area contributed by atoms with Crippen LogP contribution in [0.25, 0.3) is 5.69 Å². The van der Waals surface area contributed by atoms with Gasteiger partial charge in [0.05, 0.1) is 24.8 Å². The Labute approximate surface area is 180 Å². The minimum absolute atomic E-state index is 0.00965. The topological polar surface area (TPSA) is 80.6 Å². The lowest BCUT2D eigenvalue weighted by atomic mass is 9.96. The van der Waals surface area contributed by atoms with Crippen molar-refractivity contribution in [2.24, 2.45) is 5.92 Å². The summed E-state index contributed by atoms with van der Waals surface area (Å²) in [4.78, 5) is 28.7. The predicted octanol–water partition coefficient (Wildman–Crippen LogP) is 2.14. The number of ether oxygens (including phenoxy) is 1. The Balaban J connectivity index is 1.58. The summed E-state index contributed by atoms with van der Waals surface area (Å²) >= 11 is 0. The lowest BCUT2D eigenvalue weighted by Crippen LogP contribution is -2.49. The molecule has 172 valence electrons. The number of likely N-dealkylation sites (tertiary alicyclic amines) is 1. The van der Waals surface area contributed by atoms with Crippen molar-refractivity contribution in [2.75, 3.05) is 39.4 Å². The second-order valence-electron chi connectivity index (χ2n) is 7.70. The molecular weight excluding hydrogens is 434 g/mol. The molecule has 1 aromatic heterocycles. The highest BCUT2D eigenvalue weighted by molar-refractivity contribution is 5.94. The molecule has 0 aliphatic carbocycles. The van der Waals surface area contributed by atoms with Crippen molar-refractivity contribution in [1.82, 2.24) is 24.8 Å². The normalized spacial score (nSPS) is 19.8. The van der Waals surface area contributed by atoms with E-state index in [-0.39, 0.29) is 24.7 Å². The van der Waals surface area contributed by atoms with Crippen LogP contribution < -0.4 is 0 Å². The number of carbonyl (C=O) groups excluding carboxylic acids is 2. The first-order valence-electron chi connectivity index (χ1n) is 10.2. The van der Waals surface area contributed by atoms with Crippen LogP contribution in [0.1, 0.15) is 29.0 Å². The largest absolute Gasteiger partial charge is 0.435 e. The molecule has 2 amide bonds. The number of benzene rings is 1.